The van der Waals surface area contributed by atoms with Crippen LogP contribution < -0.4 is 16.6 Å². The summed E-state index contributed by atoms with van der Waals surface area (Å²) in [6.07, 6.45) is 0. The minimum absolute atomic E-state index is 0.426. The largest absolute Gasteiger partial charge is 0.383 e. The van der Waals surface area contributed by atoms with E-state index in [1.165, 1.54) is 0 Å². The van der Waals surface area contributed by atoms with E-state index in [1.54, 1.807) is 18.4 Å². The fourth-order valence-corrected chi connectivity index (χ4v) is 2.54. The van der Waals surface area contributed by atoms with Crippen molar-refractivity contribution >= 4 is 33.3 Å². The third kappa shape index (κ3) is 3.76. The van der Waals surface area contributed by atoms with Crippen LogP contribution in [0.15, 0.2) is 11.4 Å². The molecule has 0 amide bonds. The van der Waals surface area contributed by atoms with Crippen molar-refractivity contribution in [1.29, 1.82) is 0 Å². The minimum atomic E-state index is 0.426. The van der Waals surface area contributed by atoms with Crippen molar-refractivity contribution in [2.45, 2.75) is 0 Å². The molecule has 2 aromatic rings. The van der Waals surface area contributed by atoms with E-state index in [2.05, 4.69) is 32.7 Å². The van der Waals surface area contributed by atoms with Crippen LogP contribution in [0.3, 0.4) is 0 Å². The number of thiophene rings is 1. The number of hydrogen-bond donors (Lipinski definition) is 3. The maximum absolute atomic E-state index is 5.39. The molecule has 0 aliphatic heterocycles. The van der Waals surface area contributed by atoms with Gasteiger partial charge in [-0.05, 0) is 18.5 Å². The molecule has 0 spiro atoms. The number of fused-ring (bicyclic) bond motifs is 1. The van der Waals surface area contributed by atoms with Gasteiger partial charge in [-0.15, -0.1) is 11.3 Å². The highest BCUT2D eigenvalue weighted by Gasteiger charge is 2.08. The monoisotopic (exact) mass is 296 g/mol. The van der Waals surface area contributed by atoms with Crippen LogP contribution in [0.1, 0.15) is 0 Å². The van der Waals surface area contributed by atoms with Crippen molar-refractivity contribution in [2.24, 2.45) is 5.84 Å². The molecular formula is C12H20N6OS. The van der Waals surface area contributed by atoms with E-state index in [1.807, 2.05) is 11.4 Å². The number of likely N-dealkylation sites (N-methyl/N-ethyl adjacent to an activating group) is 1. The summed E-state index contributed by atoms with van der Waals surface area (Å²) < 4.78 is 5.05. The molecule has 0 unspecified atom stereocenters. The topological polar surface area (TPSA) is 88.3 Å². The predicted molar refractivity (Wildman–Crippen MR) is 83.1 cm³/mol. The SMILES string of the molecule is COCCN(C)CCNc1nc(NN)nc2sccc12. The van der Waals surface area contributed by atoms with Crippen molar-refractivity contribution in [1.82, 2.24) is 14.9 Å². The minimum Gasteiger partial charge on any atom is -0.383 e. The van der Waals surface area contributed by atoms with Crippen molar-refractivity contribution < 1.29 is 4.74 Å². The average Bonchev–Trinajstić information content (AvgIpc) is 2.93. The summed E-state index contributed by atoms with van der Waals surface area (Å²) in [4.78, 5) is 11.8. The van der Waals surface area contributed by atoms with Gasteiger partial charge in [0, 0.05) is 26.7 Å². The number of nitrogens with one attached hydrogen (secondary N) is 2. The number of anilines is 2. The second-order valence-corrected chi connectivity index (χ2v) is 5.30. The highest BCUT2D eigenvalue weighted by molar-refractivity contribution is 7.16. The fourth-order valence-electron chi connectivity index (χ4n) is 1.78. The van der Waals surface area contributed by atoms with Crippen LogP contribution >= 0.6 is 11.3 Å². The standard InChI is InChI=1S/C12H20N6OS/c1-18(6-7-19-2)5-4-14-10-9-3-8-20-11(9)16-12(15-10)17-13/h3,8H,4-7,13H2,1-2H3,(H2,14,15,16,17). The first kappa shape index (κ1) is 14.9. The molecule has 0 saturated heterocycles. The Kier molecular flexibility index (Phi) is 5.48. The summed E-state index contributed by atoms with van der Waals surface area (Å²) in [5.41, 5.74) is 2.49. The van der Waals surface area contributed by atoms with Gasteiger partial charge in [0.05, 0.1) is 12.0 Å². The Morgan fingerprint density at radius 1 is 1.40 bits per heavy atom. The van der Waals surface area contributed by atoms with Gasteiger partial charge in [-0.3, -0.25) is 5.43 Å². The van der Waals surface area contributed by atoms with Crippen LogP contribution in [-0.4, -0.2) is 55.3 Å². The quantitative estimate of drug-likeness (QED) is 0.494. The zero-order chi connectivity index (χ0) is 14.4. The first-order valence-electron chi connectivity index (χ1n) is 6.38. The summed E-state index contributed by atoms with van der Waals surface area (Å²) in [6.45, 7) is 3.35. The van der Waals surface area contributed by atoms with Crippen molar-refractivity contribution in [3.8, 4) is 0 Å². The molecule has 20 heavy (non-hydrogen) atoms. The predicted octanol–water partition coefficient (Wildman–Crippen LogP) is 0.967. The van der Waals surface area contributed by atoms with Gasteiger partial charge in [-0.2, -0.15) is 4.98 Å². The Bertz CT molecular complexity index is 546. The first-order chi connectivity index (χ1) is 9.74. The van der Waals surface area contributed by atoms with Crippen molar-refractivity contribution in [3.05, 3.63) is 11.4 Å². The second kappa shape index (κ2) is 7.34. The molecular weight excluding hydrogens is 276 g/mol. The molecule has 110 valence electrons. The summed E-state index contributed by atoms with van der Waals surface area (Å²) in [7, 11) is 3.77. The van der Waals surface area contributed by atoms with Crippen molar-refractivity contribution in [2.75, 3.05) is 51.1 Å². The van der Waals surface area contributed by atoms with Gasteiger partial charge in [0.1, 0.15) is 10.6 Å². The number of nitrogen functional groups attached to an aromatic ring is 1. The van der Waals surface area contributed by atoms with Crippen LogP contribution in [0.2, 0.25) is 0 Å². The zero-order valence-corrected chi connectivity index (χ0v) is 12.5. The molecule has 2 aromatic heterocycles. The van der Waals surface area contributed by atoms with E-state index in [4.69, 9.17) is 10.6 Å². The van der Waals surface area contributed by atoms with Gasteiger partial charge < -0.3 is 15.0 Å². The fraction of sp³-hybridized carbons (Fsp3) is 0.500. The lowest BCUT2D eigenvalue weighted by atomic mass is 10.3. The Morgan fingerprint density at radius 2 is 2.25 bits per heavy atom. The summed E-state index contributed by atoms with van der Waals surface area (Å²) in [5, 5.41) is 6.35. The highest BCUT2D eigenvalue weighted by atomic mass is 32.1. The van der Waals surface area contributed by atoms with Gasteiger partial charge in [-0.25, -0.2) is 10.8 Å². The van der Waals surface area contributed by atoms with E-state index in [-0.39, 0.29) is 0 Å². The number of rotatable bonds is 8. The zero-order valence-electron chi connectivity index (χ0n) is 11.7. The molecule has 0 fully saturated rings. The van der Waals surface area contributed by atoms with Crippen LogP contribution in [0.4, 0.5) is 11.8 Å². The van der Waals surface area contributed by atoms with Gasteiger partial charge in [0.25, 0.3) is 0 Å². The molecule has 2 heterocycles. The summed E-state index contributed by atoms with van der Waals surface area (Å²) >= 11 is 1.57. The van der Waals surface area contributed by atoms with E-state index in [0.29, 0.717) is 5.95 Å². The van der Waals surface area contributed by atoms with Gasteiger partial charge >= 0.3 is 0 Å². The molecule has 0 aliphatic carbocycles. The highest BCUT2D eigenvalue weighted by Crippen LogP contribution is 2.25. The lowest BCUT2D eigenvalue weighted by Crippen LogP contribution is -2.28. The Hall–Kier alpha value is -1.48. The number of ether oxygens (including phenoxy) is 1. The third-order valence-corrected chi connectivity index (χ3v) is 3.72. The summed E-state index contributed by atoms with van der Waals surface area (Å²) in [5.74, 6) is 6.63. The maximum atomic E-state index is 5.39. The Morgan fingerprint density at radius 3 is 3.00 bits per heavy atom. The van der Waals surface area contributed by atoms with E-state index < -0.39 is 0 Å². The number of hydrogen-bond acceptors (Lipinski definition) is 8. The molecule has 0 atom stereocenters. The molecule has 0 saturated carbocycles. The average molecular weight is 296 g/mol. The van der Waals surface area contributed by atoms with Gasteiger partial charge in [0.15, 0.2) is 0 Å². The molecule has 0 aromatic carbocycles. The summed E-state index contributed by atoms with van der Waals surface area (Å²) in [6, 6.07) is 2.01. The molecule has 0 radical (unpaired) electrons. The Balaban J connectivity index is 1.96. The number of nitrogens with zero attached hydrogens (tertiary/aromatic N) is 3. The number of methoxy groups -OCH3 is 1. The lowest BCUT2D eigenvalue weighted by Gasteiger charge is -2.16. The van der Waals surface area contributed by atoms with Crippen LogP contribution in [0.25, 0.3) is 10.2 Å². The van der Waals surface area contributed by atoms with Crippen LogP contribution in [0.5, 0.6) is 0 Å². The van der Waals surface area contributed by atoms with Crippen molar-refractivity contribution in [3.63, 3.8) is 0 Å². The smallest absolute Gasteiger partial charge is 0.240 e. The van der Waals surface area contributed by atoms with E-state index >= 15 is 0 Å². The molecule has 7 nitrogen and oxygen atoms in total. The first-order valence-corrected chi connectivity index (χ1v) is 7.25. The van der Waals surface area contributed by atoms with Crippen LogP contribution in [0, 0.1) is 0 Å². The lowest BCUT2D eigenvalue weighted by molar-refractivity contribution is 0.163. The number of hydrazine groups is 1. The Labute approximate surface area is 122 Å². The molecule has 0 aliphatic rings. The van der Waals surface area contributed by atoms with Gasteiger partial charge in [0.2, 0.25) is 5.95 Å². The number of aromatic nitrogens is 2. The van der Waals surface area contributed by atoms with E-state index in [0.717, 1.165) is 42.3 Å². The molecule has 8 heteroatoms. The second-order valence-electron chi connectivity index (χ2n) is 4.40. The molecule has 4 N–H and O–H groups in total. The molecule has 2 rings (SSSR count). The third-order valence-electron chi connectivity index (χ3n) is 2.92. The maximum Gasteiger partial charge on any atom is 0.240 e. The van der Waals surface area contributed by atoms with Gasteiger partial charge in [-0.1, -0.05) is 0 Å². The van der Waals surface area contributed by atoms with Crippen LogP contribution in [-0.2, 0) is 4.74 Å². The number of nitrogens with two attached hydrogens (primary N) is 1. The van der Waals surface area contributed by atoms with E-state index in [9.17, 15) is 0 Å². The normalized spacial score (nSPS) is 11.2. The molecule has 0 bridgehead atoms.